The van der Waals surface area contributed by atoms with Crippen LogP contribution < -0.4 is 0 Å². The summed E-state index contributed by atoms with van der Waals surface area (Å²) in [5, 5.41) is 20.6. The van der Waals surface area contributed by atoms with Crippen LogP contribution in [0.2, 0.25) is 0 Å². The molecule has 5 nitrogen and oxygen atoms in total. The molecule has 0 spiro atoms. The van der Waals surface area contributed by atoms with Gasteiger partial charge in [-0.25, -0.2) is 0 Å². The summed E-state index contributed by atoms with van der Waals surface area (Å²) in [6.45, 7) is 8.31. The lowest BCUT2D eigenvalue weighted by Gasteiger charge is -2.25. The smallest absolute Gasteiger partial charge is 0.164 e. The Labute approximate surface area is 183 Å². The van der Waals surface area contributed by atoms with Gasteiger partial charge >= 0.3 is 0 Å². The molecule has 1 heterocycles. The lowest BCUT2D eigenvalue weighted by molar-refractivity contribution is -0.272. The molecule has 2 N–H and O–H groups in total. The topological polar surface area (TPSA) is 68.2 Å². The van der Waals surface area contributed by atoms with Gasteiger partial charge in [-0.3, -0.25) is 0 Å². The van der Waals surface area contributed by atoms with Crippen LogP contribution in [0.15, 0.2) is 0 Å². The fourth-order valence-corrected chi connectivity index (χ4v) is 4.59. The van der Waals surface area contributed by atoms with Gasteiger partial charge in [-0.15, -0.1) is 0 Å². The molecule has 1 saturated heterocycles. The van der Waals surface area contributed by atoms with Gasteiger partial charge in [0.1, 0.15) is 6.10 Å². The minimum atomic E-state index is -1.26. The van der Waals surface area contributed by atoms with Crippen LogP contribution >= 0.6 is 11.8 Å². The Hall–Kier alpha value is 0.150. The Morgan fingerprint density at radius 2 is 1.62 bits per heavy atom. The van der Waals surface area contributed by atoms with Crippen LogP contribution in [0, 0.1) is 0 Å². The molecule has 1 fully saturated rings. The van der Waals surface area contributed by atoms with Crippen molar-refractivity contribution in [3.8, 4) is 0 Å². The van der Waals surface area contributed by atoms with Crippen LogP contribution in [0.4, 0.5) is 0 Å². The Morgan fingerprint density at radius 3 is 2.24 bits per heavy atom. The van der Waals surface area contributed by atoms with E-state index in [0.717, 1.165) is 12.2 Å². The average molecular weight is 435 g/mol. The Balaban J connectivity index is 2.39. The Bertz CT molecular complexity index is 388. The summed E-state index contributed by atoms with van der Waals surface area (Å²) >= 11 is 1.78. The third-order valence-electron chi connectivity index (χ3n) is 5.16. The third kappa shape index (κ3) is 13.2. The van der Waals surface area contributed by atoms with E-state index in [-0.39, 0.29) is 6.10 Å². The van der Waals surface area contributed by atoms with E-state index in [1.807, 2.05) is 0 Å². The summed E-state index contributed by atoms with van der Waals surface area (Å²) in [5.74, 6) is 0.451. The molecule has 0 radical (unpaired) electrons. The first-order valence-electron chi connectivity index (χ1n) is 11.8. The van der Waals surface area contributed by atoms with Gasteiger partial charge in [0.2, 0.25) is 0 Å². The minimum absolute atomic E-state index is 0.186. The Morgan fingerprint density at radius 1 is 1.00 bits per heavy atom. The molecule has 6 heteroatoms. The highest BCUT2D eigenvalue weighted by molar-refractivity contribution is 7.99. The predicted octanol–water partition coefficient (Wildman–Crippen LogP) is 5.27. The van der Waals surface area contributed by atoms with Crippen LogP contribution in [0.5, 0.6) is 0 Å². The van der Waals surface area contributed by atoms with E-state index < -0.39 is 24.3 Å². The number of aliphatic hydroxyl groups excluding tert-OH is 1. The number of hydrogen-bond donors (Lipinski definition) is 2. The zero-order chi connectivity index (χ0) is 21.5. The molecule has 1 unspecified atom stereocenters. The van der Waals surface area contributed by atoms with E-state index in [9.17, 15) is 10.2 Å². The second-order valence-corrected chi connectivity index (χ2v) is 9.86. The molecule has 0 amide bonds. The van der Waals surface area contributed by atoms with Gasteiger partial charge in [0.15, 0.2) is 12.1 Å². The Kier molecular flexibility index (Phi) is 14.9. The number of aliphatic hydroxyl groups is 2. The highest BCUT2D eigenvalue weighted by Gasteiger charge is 2.42. The maximum Gasteiger partial charge on any atom is 0.164 e. The summed E-state index contributed by atoms with van der Waals surface area (Å²) in [7, 11) is 0. The van der Waals surface area contributed by atoms with Crippen molar-refractivity contribution in [2.75, 3.05) is 18.1 Å². The molecule has 4 atom stereocenters. The van der Waals surface area contributed by atoms with Gasteiger partial charge in [0.05, 0.1) is 12.2 Å². The van der Waals surface area contributed by atoms with Gasteiger partial charge < -0.3 is 24.4 Å². The van der Waals surface area contributed by atoms with E-state index >= 15 is 0 Å². The molecule has 0 aliphatic carbocycles. The number of rotatable bonds is 18. The highest BCUT2D eigenvalue weighted by Crippen LogP contribution is 2.30. The monoisotopic (exact) mass is 434 g/mol. The summed E-state index contributed by atoms with van der Waals surface area (Å²) in [5.41, 5.74) is 0. The molecule has 0 aromatic heterocycles. The normalized spacial score (nSPS) is 23.6. The van der Waals surface area contributed by atoms with Crippen LogP contribution in [0.1, 0.15) is 98.3 Å². The number of ether oxygens (including phenoxy) is 3. The van der Waals surface area contributed by atoms with Crippen LogP contribution in [-0.4, -0.2) is 58.7 Å². The maximum atomic E-state index is 10.7. The molecule has 174 valence electrons. The first kappa shape index (κ1) is 27.2. The molecule has 1 aliphatic heterocycles. The predicted molar refractivity (Wildman–Crippen MR) is 121 cm³/mol. The van der Waals surface area contributed by atoms with Gasteiger partial charge in [-0.05, 0) is 32.4 Å². The lowest BCUT2D eigenvalue weighted by Crippen LogP contribution is -2.38. The first-order valence-corrected chi connectivity index (χ1v) is 13.0. The van der Waals surface area contributed by atoms with Crippen molar-refractivity contribution in [2.45, 2.75) is 129 Å². The fraction of sp³-hybridized carbons (Fsp3) is 1.00. The molecule has 1 rings (SSSR count). The standard InChI is InChI=1S/C23H46O5S/c1-5-7-9-11-13-15-26-20-17-21(28-23(3,4)25)27-22(20)19(24)18-29-16-14-12-10-8-6-2/h19-22,24-25H,5-18H2,1-4H3/t19-,20-,21-,22?/m1/s1. The maximum absolute atomic E-state index is 10.7. The lowest BCUT2D eigenvalue weighted by atomic mass is 10.1. The van der Waals surface area contributed by atoms with Crippen LogP contribution in [-0.2, 0) is 14.2 Å². The third-order valence-corrected chi connectivity index (χ3v) is 6.31. The van der Waals surface area contributed by atoms with Crippen molar-refractivity contribution in [2.24, 2.45) is 0 Å². The van der Waals surface area contributed by atoms with Crippen molar-refractivity contribution in [3.63, 3.8) is 0 Å². The van der Waals surface area contributed by atoms with Crippen molar-refractivity contribution < 1.29 is 24.4 Å². The van der Waals surface area contributed by atoms with Gasteiger partial charge in [0, 0.05) is 18.8 Å². The summed E-state index contributed by atoms with van der Waals surface area (Å²) < 4.78 is 17.6. The highest BCUT2D eigenvalue weighted by atomic mass is 32.2. The summed E-state index contributed by atoms with van der Waals surface area (Å²) in [6.07, 6.45) is 11.1. The van der Waals surface area contributed by atoms with E-state index in [1.165, 1.54) is 57.8 Å². The second kappa shape index (κ2) is 15.9. The van der Waals surface area contributed by atoms with E-state index in [2.05, 4.69) is 13.8 Å². The van der Waals surface area contributed by atoms with Crippen molar-refractivity contribution in [3.05, 3.63) is 0 Å². The summed E-state index contributed by atoms with van der Waals surface area (Å²) in [6, 6.07) is 0. The summed E-state index contributed by atoms with van der Waals surface area (Å²) in [4.78, 5) is 0. The quantitative estimate of drug-likeness (QED) is 0.226. The molecule has 29 heavy (non-hydrogen) atoms. The zero-order valence-corrected chi connectivity index (χ0v) is 20.1. The van der Waals surface area contributed by atoms with E-state index in [1.54, 1.807) is 25.6 Å². The largest absolute Gasteiger partial charge is 0.389 e. The van der Waals surface area contributed by atoms with Crippen LogP contribution in [0.25, 0.3) is 0 Å². The molecular weight excluding hydrogens is 388 g/mol. The molecule has 0 bridgehead atoms. The molecular formula is C23H46O5S. The van der Waals surface area contributed by atoms with Gasteiger partial charge in [-0.1, -0.05) is 65.2 Å². The minimum Gasteiger partial charge on any atom is -0.389 e. The van der Waals surface area contributed by atoms with Crippen molar-refractivity contribution in [1.82, 2.24) is 0 Å². The number of unbranched alkanes of at least 4 members (excludes halogenated alkanes) is 8. The SMILES string of the molecule is CCCCCCCO[C@@H]1C[C@@H](OC(C)(C)O)OC1[C@H](O)CSCCCCCCC. The molecule has 0 aromatic carbocycles. The molecule has 1 aliphatic rings. The van der Waals surface area contributed by atoms with Gasteiger partial charge in [0.25, 0.3) is 0 Å². The van der Waals surface area contributed by atoms with E-state index in [0.29, 0.717) is 18.8 Å². The average Bonchev–Trinajstić information content (AvgIpc) is 3.04. The molecule has 0 aromatic rings. The van der Waals surface area contributed by atoms with Gasteiger partial charge in [-0.2, -0.15) is 11.8 Å². The van der Waals surface area contributed by atoms with Crippen LogP contribution in [0.3, 0.4) is 0 Å². The van der Waals surface area contributed by atoms with E-state index in [4.69, 9.17) is 14.2 Å². The first-order chi connectivity index (χ1) is 13.9. The fourth-order valence-electron chi connectivity index (χ4n) is 3.59. The number of hydrogen-bond acceptors (Lipinski definition) is 6. The zero-order valence-electron chi connectivity index (χ0n) is 19.2. The van der Waals surface area contributed by atoms with Crippen molar-refractivity contribution in [1.29, 1.82) is 0 Å². The van der Waals surface area contributed by atoms with Crippen molar-refractivity contribution >= 4 is 11.8 Å². The molecule has 0 saturated carbocycles. The second-order valence-electron chi connectivity index (χ2n) is 8.71. The number of thioether (sulfide) groups is 1.